The summed E-state index contributed by atoms with van der Waals surface area (Å²) >= 11 is 1.58. The summed E-state index contributed by atoms with van der Waals surface area (Å²) in [6.45, 7) is 6.30. The first-order valence-electron chi connectivity index (χ1n) is 7.26. The molecule has 0 aliphatic carbocycles. The topological polar surface area (TPSA) is 71.1 Å². The zero-order chi connectivity index (χ0) is 16.2. The van der Waals surface area contributed by atoms with Crippen molar-refractivity contribution < 1.29 is 9.59 Å². The zero-order valence-corrected chi connectivity index (χ0v) is 13.9. The van der Waals surface area contributed by atoms with Crippen molar-refractivity contribution in [3.63, 3.8) is 0 Å². The van der Waals surface area contributed by atoms with Crippen LogP contribution in [0, 0.1) is 5.41 Å². The van der Waals surface area contributed by atoms with E-state index in [1.165, 1.54) is 0 Å². The third-order valence-corrected chi connectivity index (χ3v) is 4.13. The number of thiazole rings is 1. The summed E-state index contributed by atoms with van der Waals surface area (Å²) in [5.74, 6) is -0.139. The number of amides is 2. The fourth-order valence-corrected chi connectivity index (χ4v) is 2.72. The Morgan fingerprint density at radius 3 is 2.59 bits per heavy atom. The van der Waals surface area contributed by atoms with Gasteiger partial charge >= 0.3 is 0 Å². The fourth-order valence-electron chi connectivity index (χ4n) is 1.81. The van der Waals surface area contributed by atoms with Crippen LogP contribution in [0.5, 0.6) is 0 Å². The van der Waals surface area contributed by atoms with Gasteiger partial charge in [-0.05, 0) is 12.1 Å². The lowest BCUT2D eigenvalue weighted by Gasteiger charge is -2.17. The maximum Gasteiger partial charge on any atom is 0.225 e. The summed E-state index contributed by atoms with van der Waals surface area (Å²) in [4.78, 5) is 27.9. The Morgan fingerprint density at radius 1 is 1.18 bits per heavy atom. The monoisotopic (exact) mass is 319 g/mol. The molecule has 6 heteroatoms. The van der Waals surface area contributed by atoms with Crippen molar-refractivity contribution in [1.29, 1.82) is 0 Å². The van der Waals surface area contributed by atoms with Crippen molar-refractivity contribution in [1.82, 2.24) is 15.6 Å². The third-order valence-electron chi connectivity index (χ3n) is 3.09. The Morgan fingerprint density at radius 2 is 1.91 bits per heavy atom. The molecule has 0 atom stereocenters. The molecule has 0 spiro atoms. The van der Waals surface area contributed by atoms with E-state index in [1.807, 2.05) is 45.0 Å². The summed E-state index contributed by atoms with van der Waals surface area (Å²) in [5.41, 5.74) is 0.520. The highest BCUT2D eigenvalue weighted by molar-refractivity contribution is 7.18. The Bertz CT molecular complexity index is 640. The number of nitrogens with zero attached hydrogens (tertiary/aromatic N) is 1. The van der Waals surface area contributed by atoms with Crippen LogP contribution in [0.2, 0.25) is 0 Å². The first-order valence-corrected chi connectivity index (χ1v) is 8.07. The summed E-state index contributed by atoms with van der Waals surface area (Å²) in [6.07, 6.45) is 0.271. The van der Waals surface area contributed by atoms with Gasteiger partial charge in [-0.25, -0.2) is 4.98 Å². The SMILES string of the molecule is CC(C)(C)C(=O)NCCC(=O)NCc1nc2ccccc2s1. The second-order valence-electron chi connectivity index (χ2n) is 6.11. The number of para-hydroxylation sites is 1. The summed E-state index contributed by atoms with van der Waals surface area (Å²) < 4.78 is 1.11. The molecule has 0 unspecified atom stereocenters. The third kappa shape index (κ3) is 4.53. The molecule has 22 heavy (non-hydrogen) atoms. The fraction of sp³-hybridized carbons (Fsp3) is 0.438. The van der Waals surface area contributed by atoms with Gasteiger partial charge in [0.05, 0.1) is 16.8 Å². The van der Waals surface area contributed by atoms with Crippen LogP contribution < -0.4 is 10.6 Å². The van der Waals surface area contributed by atoms with Gasteiger partial charge < -0.3 is 10.6 Å². The summed E-state index contributed by atoms with van der Waals surface area (Å²) in [6, 6.07) is 7.89. The highest BCUT2D eigenvalue weighted by Crippen LogP contribution is 2.21. The van der Waals surface area contributed by atoms with Crippen LogP contribution in [0.15, 0.2) is 24.3 Å². The predicted octanol–water partition coefficient (Wildman–Crippen LogP) is 2.46. The number of hydrogen-bond donors (Lipinski definition) is 2. The molecule has 1 aromatic carbocycles. The van der Waals surface area contributed by atoms with Gasteiger partial charge in [0.1, 0.15) is 5.01 Å². The van der Waals surface area contributed by atoms with Crippen LogP contribution in [0.4, 0.5) is 0 Å². The lowest BCUT2D eigenvalue weighted by Crippen LogP contribution is -2.37. The van der Waals surface area contributed by atoms with Crippen LogP contribution in [0.25, 0.3) is 10.2 Å². The minimum Gasteiger partial charge on any atom is -0.355 e. The second kappa shape index (κ2) is 6.87. The molecule has 0 fully saturated rings. The van der Waals surface area contributed by atoms with Crippen LogP contribution in [-0.2, 0) is 16.1 Å². The molecular formula is C16H21N3O2S. The number of nitrogens with one attached hydrogen (secondary N) is 2. The molecule has 0 saturated heterocycles. The first kappa shape index (κ1) is 16.4. The van der Waals surface area contributed by atoms with Crippen molar-refractivity contribution in [2.75, 3.05) is 6.54 Å². The van der Waals surface area contributed by atoms with Gasteiger partial charge in [0, 0.05) is 18.4 Å². The highest BCUT2D eigenvalue weighted by Gasteiger charge is 2.20. The zero-order valence-electron chi connectivity index (χ0n) is 13.1. The molecule has 2 rings (SSSR count). The first-order chi connectivity index (χ1) is 10.4. The van der Waals surface area contributed by atoms with E-state index in [4.69, 9.17) is 0 Å². The summed E-state index contributed by atoms with van der Waals surface area (Å²) in [7, 11) is 0. The van der Waals surface area contributed by atoms with Crippen molar-refractivity contribution in [2.45, 2.75) is 33.7 Å². The van der Waals surface area contributed by atoms with Gasteiger partial charge in [-0.2, -0.15) is 0 Å². The largest absolute Gasteiger partial charge is 0.355 e. The van der Waals surface area contributed by atoms with E-state index in [1.54, 1.807) is 11.3 Å². The predicted molar refractivity (Wildman–Crippen MR) is 88.5 cm³/mol. The quantitative estimate of drug-likeness (QED) is 0.889. The van der Waals surface area contributed by atoms with Gasteiger partial charge in [0.2, 0.25) is 11.8 Å². The number of rotatable bonds is 5. The summed E-state index contributed by atoms with van der Waals surface area (Å²) in [5, 5.41) is 6.47. The van der Waals surface area contributed by atoms with Crippen molar-refractivity contribution in [3.05, 3.63) is 29.3 Å². The number of carbonyl (C=O) groups excluding carboxylic acids is 2. The molecule has 0 saturated carbocycles. The molecule has 0 aliphatic heterocycles. The van der Waals surface area contributed by atoms with Gasteiger partial charge in [-0.15, -0.1) is 11.3 Å². The molecule has 1 heterocycles. The Balaban J connectivity index is 1.75. The lowest BCUT2D eigenvalue weighted by molar-refractivity contribution is -0.128. The van der Waals surface area contributed by atoms with Crippen molar-refractivity contribution in [2.24, 2.45) is 5.41 Å². The van der Waals surface area contributed by atoms with Gasteiger partial charge in [0.25, 0.3) is 0 Å². The lowest BCUT2D eigenvalue weighted by atomic mass is 9.96. The van der Waals surface area contributed by atoms with E-state index < -0.39 is 5.41 Å². The Labute approximate surface area is 134 Å². The van der Waals surface area contributed by atoms with Crippen LogP contribution >= 0.6 is 11.3 Å². The Hall–Kier alpha value is -1.95. The molecule has 1 aromatic heterocycles. The van der Waals surface area contributed by atoms with Gasteiger partial charge in [-0.1, -0.05) is 32.9 Å². The van der Waals surface area contributed by atoms with Crippen LogP contribution in [0.1, 0.15) is 32.2 Å². The van der Waals surface area contributed by atoms with Crippen molar-refractivity contribution in [3.8, 4) is 0 Å². The molecule has 0 radical (unpaired) electrons. The molecule has 2 amide bonds. The maximum absolute atomic E-state index is 11.8. The maximum atomic E-state index is 11.8. The molecule has 2 aromatic rings. The molecular weight excluding hydrogens is 298 g/mol. The standard InChI is InChI=1S/C16H21N3O2S/c1-16(2,3)15(21)17-9-8-13(20)18-10-14-19-11-6-4-5-7-12(11)22-14/h4-7H,8-10H2,1-3H3,(H,17,21)(H,18,20). The second-order valence-corrected chi connectivity index (χ2v) is 7.22. The molecule has 0 aliphatic rings. The van der Waals surface area contributed by atoms with Crippen molar-refractivity contribution >= 4 is 33.4 Å². The van der Waals surface area contributed by atoms with E-state index in [0.29, 0.717) is 13.1 Å². The molecule has 5 nitrogen and oxygen atoms in total. The van der Waals surface area contributed by atoms with E-state index in [9.17, 15) is 9.59 Å². The smallest absolute Gasteiger partial charge is 0.225 e. The van der Waals surface area contributed by atoms with Gasteiger partial charge in [0.15, 0.2) is 0 Å². The molecule has 118 valence electrons. The van der Waals surface area contributed by atoms with Gasteiger partial charge in [-0.3, -0.25) is 9.59 Å². The van der Waals surface area contributed by atoms with E-state index in [-0.39, 0.29) is 18.2 Å². The van der Waals surface area contributed by atoms with Crippen LogP contribution in [0.3, 0.4) is 0 Å². The minimum absolute atomic E-state index is 0.0496. The number of benzene rings is 1. The van der Waals surface area contributed by atoms with E-state index in [2.05, 4.69) is 15.6 Å². The minimum atomic E-state index is -0.433. The van der Waals surface area contributed by atoms with E-state index >= 15 is 0 Å². The average molecular weight is 319 g/mol. The number of fused-ring (bicyclic) bond motifs is 1. The number of aromatic nitrogens is 1. The molecule has 0 bridgehead atoms. The number of carbonyl (C=O) groups is 2. The van der Waals surface area contributed by atoms with E-state index in [0.717, 1.165) is 15.2 Å². The normalized spacial score (nSPS) is 11.4. The molecule has 2 N–H and O–H groups in total. The Kier molecular flexibility index (Phi) is 5.13. The highest BCUT2D eigenvalue weighted by atomic mass is 32.1. The van der Waals surface area contributed by atoms with Crippen LogP contribution in [-0.4, -0.2) is 23.3 Å². The number of hydrogen-bond acceptors (Lipinski definition) is 4. The average Bonchev–Trinajstić information content (AvgIpc) is 2.86.